The number of aryl methyl sites for hydroxylation is 3. The minimum atomic E-state index is -3.66. The van der Waals surface area contributed by atoms with Gasteiger partial charge in [-0.2, -0.15) is 4.31 Å². The van der Waals surface area contributed by atoms with Gasteiger partial charge in [0.15, 0.2) is 11.5 Å². The number of carbonyl (C=O) groups is 2. The molecule has 110 heavy (non-hydrogen) atoms. The molecule has 13 aromatic rings. The van der Waals surface area contributed by atoms with Gasteiger partial charge in [0.25, 0.3) is 22.6 Å². The maximum absolute atomic E-state index is 13.7. The molecule has 3 unspecified atom stereocenters. The summed E-state index contributed by atoms with van der Waals surface area (Å²) in [5, 5.41) is 6.37. The van der Waals surface area contributed by atoms with Crippen LogP contribution in [-0.4, -0.2) is 114 Å². The number of hydrogen-bond donors (Lipinski definition) is 1. The van der Waals surface area contributed by atoms with Crippen LogP contribution in [0.2, 0.25) is 0 Å². The topological polar surface area (TPSA) is 216 Å². The Hall–Kier alpha value is -11.9. The highest BCUT2D eigenvalue weighted by molar-refractivity contribution is 7.89. The number of aromatic nitrogens is 6. The van der Waals surface area contributed by atoms with Crippen molar-refractivity contribution in [1.82, 2.24) is 53.0 Å². The Morgan fingerprint density at radius 2 is 0.927 bits per heavy atom. The Bertz CT molecular complexity index is 5780. The smallest absolute Gasteiger partial charge is 0.318 e. The van der Waals surface area contributed by atoms with Crippen molar-refractivity contribution in [2.45, 2.75) is 111 Å². The minimum absolute atomic E-state index is 0.108. The van der Waals surface area contributed by atoms with Crippen LogP contribution in [0.25, 0.3) is 60.5 Å². The third-order valence-corrected chi connectivity index (χ3v) is 22.4. The van der Waals surface area contributed by atoms with Gasteiger partial charge in [-0.15, -0.1) is 0 Å². The molecule has 0 bridgehead atoms. The predicted octanol–water partition coefficient (Wildman–Crippen LogP) is 16.1. The van der Waals surface area contributed by atoms with Crippen LogP contribution in [0.3, 0.4) is 0 Å². The Morgan fingerprint density at radius 3 is 1.45 bits per heavy atom. The standard InChI is InChI=1S/C31H30N4O3S.C30H34N4O2.C28H27N3O4/c1-22-14-16-25(17-15-22)35-30(32-28-12-6-5-11-27(28)31(35)36)23(2)33-18-20-34(21-19-33)39(37,38)29-13-7-9-24-8-3-4-10-26(24)29;1-4-5-11-20-33(30(36)31-21-24-12-7-6-8-13-24)23(3)28-32-27-15-10-9-14-26(27)29(35)34(28)25-18-16-22(2)17-19-25;1-4-15-30(27(32)20-11-14-24-25(16-20)35-17-34-24)19(3)26-29-23-8-6-5-7-22(23)28(33)31(26)21-12-9-18(2)10-13-21/h3-17,23H,18-21H2,1-2H3;6-10,12-19,23H,4-5,11,20-21H2,1-3H3,(H,31,36);5-14,16,19H,4,15,17H2,1-3H3. The molecule has 3 atom stereocenters. The van der Waals surface area contributed by atoms with Crippen molar-refractivity contribution in [3.63, 3.8) is 0 Å². The van der Waals surface area contributed by atoms with E-state index >= 15 is 0 Å². The third kappa shape index (κ3) is 16.4. The van der Waals surface area contributed by atoms with Gasteiger partial charge in [-0.3, -0.25) is 37.8 Å². The van der Waals surface area contributed by atoms with Gasteiger partial charge in [-0.05, 0) is 162 Å². The number of fused-ring (bicyclic) bond motifs is 5. The van der Waals surface area contributed by atoms with Crippen LogP contribution in [0.1, 0.15) is 129 Å². The number of piperazine rings is 1. The lowest BCUT2D eigenvalue weighted by Gasteiger charge is -2.37. The molecule has 5 heterocycles. The van der Waals surface area contributed by atoms with Crippen molar-refractivity contribution in [2.24, 2.45) is 0 Å². The summed E-state index contributed by atoms with van der Waals surface area (Å²) in [6.07, 6.45) is 3.70. The van der Waals surface area contributed by atoms with Gasteiger partial charge in [0, 0.05) is 56.8 Å². The average molecular weight is 1490 g/mol. The lowest BCUT2D eigenvalue weighted by atomic mass is 10.1. The molecule has 1 N–H and O–H groups in total. The Morgan fingerprint density at radius 1 is 0.473 bits per heavy atom. The number of carbonyl (C=O) groups excluding carboxylic acids is 2. The molecular weight excluding hydrogens is 1400 g/mol. The second-order valence-corrected chi connectivity index (χ2v) is 29.9. The maximum Gasteiger partial charge on any atom is 0.318 e. The summed E-state index contributed by atoms with van der Waals surface area (Å²) in [5.74, 6) is 2.74. The number of rotatable bonds is 20. The number of sulfonamides is 1. The zero-order valence-electron chi connectivity index (χ0n) is 63.3. The number of benzene rings is 10. The van der Waals surface area contributed by atoms with Crippen LogP contribution in [0.15, 0.2) is 256 Å². The van der Waals surface area contributed by atoms with Gasteiger partial charge < -0.3 is 24.6 Å². The summed E-state index contributed by atoms with van der Waals surface area (Å²) in [5.41, 5.74) is 8.56. The van der Waals surface area contributed by atoms with Gasteiger partial charge in [-0.25, -0.2) is 28.2 Å². The van der Waals surface area contributed by atoms with Gasteiger partial charge in [-0.1, -0.05) is 183 Å². The number of ether oxygens (including phenoxy) is 2. The van der Waals surface area contributed by atoms with E-state index in [-0.39, 0.29) is 41.5 Å². The van der Waals surface area contributed by atoms with Gasteiger partial charge >= 0.3 is 6.03 Å². The van der Waals surface area contributed by atoms with Crippen molar-refractivity contribution >= 4 is 65.4 Å². The summed E-state index contributed by atoms with van der Waals surface area (Å²) >= 11 is 0. The fourth-order valence-electron chi connectivity index (χ4n) is 14.2. The zero-order chi connectivity index (χ0) is 77.2. The van der Waals surface area contributed by atoms with E-state index in [4.69, 9.17) is 24.4 Å². The molecule has 21 heteroatoms. The second kappa shape index (κ2) is 34.1. The van der Waals surface area contributed by atoms with Crippen molar-refractivity contribution < 1.29 is 27.5 Å². The molecule has 3 amide bonds. The van der Waals surface area contributed by atoms with E-state index in [0.29, 0.717) is 124 Å². The molecule has 3 aromatic heterocycles. The normalized spacial score (nSPS) is 13.7. The van der Waals surface area contributed by atoms with E-state index in [0.717, 1.165) is 70.1 Å². The van der Waals surface area contributed by atoms with Crippen LogP contribution in [0, 0.1) is 20.8 Å². The Labute approximate surface area is 640 Å². The third-order valence-electron chi connectivity index (χ3n) is 20.4. The monoisotopic (exact) mass is 1490 g/mol. The highest BCUT2D eigenvalue weighted by atomic mass is 32.2. The Balaban J connectivity index is 0.000000145. The first-order valence-electron chi connectivity index (χ1n) is 37.6. The number of nitrogens with one attached hydrogen (secondary N) is 1. The summed E-state index contributed by atoms with van der Waals surface area (Å²) in [6.45, 7) is 19.5. The van der Waals surface area contributed by atoms with E-state index in [1.54, 1.807) is 76.3 Å². The van der Waals surface area contributed by atoms with Gasteiger partial charge in [0.2, 0.25) is 16.8 Å². The van der Waals surface area contributed by atoms with Crippen LogP contribution in [0.4, 0.5) is 4.79 Å². The fraction of sp³-hybridized carbons (Fsp3) is 0.258. The molecule has 562 valence electrons. The molecule has 2 aliphatic rings. The number of unbranched alkanes of at least 4 members (excludes halogenated alkanes) is 2. The zero-order valence-corrected chi connectivity index (χ0v) is 64.1. The van der Waals surface area contributed by atoms with Gasteiger partial charge in [0.1, 0.15) is 17.5 Å². The van der Waals surface area contributed by atoms with E-state index in [2.05, 4.69) is 17.1 Å². The molecule has 0 aliphatic carbocycles. The first-order valence-corrected chi connectivity index (χ1v) is 39.0. The molecule has 0 spiro atoms. The maximum atomic E-state index is 13.7. The number of nitrogens with zero attached hydrogens (tertiary/aromatic N) is 10. The first-order chi connectivity index (χ1) is 53.3. The molecule has 10 aromatic carbocycles. The number of para-hydroxylation sites is 3. The molecule has 0 saturated carbocycles. The molecule has 1 saturated heterocycles. The van der Waals surface area contributed by atoms with Crippen molar-refractivity contribution in [2.75, 3.05) is 46.1 Å². The predicted molar refractivity (Wildman–Crippen MR) is 435 cm³/mol. The average Bonchev–Trinajstić information content (AvgIpc) is 0.778. The molecule has 20 nitrogen and oxygen atoms in total. The molecule has 2 aliphatic heterocycles. The molecule has 15 rings (SSSR count). The lowest BCUT2D eigenvalue weighted by molar-refractivity contribution is 0.0680. The summed E-state index contributed by atoms with van der Waals surface area (Å²) in [4.78, 5) is 89.1. The van der Waals surface area contributed by atoms with E-state index in [9.17, 15) is 32.4 Å². The second-order valence-electron chi connectivity index (χ2n) is 27.9. The summed E-state index contributed by atoms with van der Waals surface area (Å²) < 4.78 is 44.7. The number of urea groups is 1. The Kier molecular flexibility index (Phi) is 23.7. The molecule has 0 radical (unpaired) electrons. The summed E-state index contributed by atoms with van der Waals surface area (Å²) in [7, 11) is -3.66. The van der Waals surface area contributed by atoms with E-state index in [1.165, 1.54) is 0 Å². The van der Waals surface area contributed by atoms with E-state index < -0.39 is 22.1 Å². The first kappa shape index (κ1) is 76.3. The number of amides is 3. The van der Waals surface area contributed by atoms with Crippen LogP contribution in [-0.2, 0) is 16.6 Å². The fourth-order valence-corrected chi connectivity index (χ4v) is 15.9. The SMILES string of the molecule is CCCCCN(C(=O)NCc1ccccc1)C(C)c1nc2ccccc2c(=O)n1-c1ccc(C)cc1.CCCN(C(=O)c1ccc2c(c1)OCO2)C(C)c1nc2ccccc2c(=O)n1-c1ccc(C)cc1.Cc1ccc(-n2c(C(C)N3CCN(S(=O)(=O)c4cccc5ccccc45)CC3)nc3ccccc3c2=O)cc1. The van der Waals surface area contributed by atoms with Gasteiger partial charge in [0.05, 0.1) is 72.8 Å². The quantitative estimate of drug-likeness (QED) is 0.0703. The van der Waals surface area contributed by atoms with Crippen molar-refractivity contribution in [3.05, 3.63) is 313 Å². The highest BCUT2D eigenvalue weighted by Gasteiger charge is 2.35. The van der Waals surface area contributed by atoms with E-state index in [1.807, 2.05) is 237 Å². The molecular formula is C89H91N11O9S. The lowest BCUT2D eigenvalue weighted by Crippen LogP contribution is -2.49. The molecule has 1 fully saturated rings. The number of hydrogen-bond acceptors (Lipinski definition) is 13. The van der Waals surface area contributed by atoms with Crippen molar-refractivity contribution in [3.8, 4) is 28.6 Å². The van der Waals surface area contributed by atoms with Crippen molar-refractivity contribution in [1.29, 1.82) is 0 Å². The highest BCUT2D eigenvalue weighted by Crippen LogP contribution is 2.35. The van der Waals surface area contributed by atoms with Crippen LogP contribution in [0.5, 0.6) is 11.5 Å². The largest absolute Gasteiger partial charge is 0.454 e. The minimum Gasteiger partial charge on any atom is -0.454 e. The van der Waals surface area contributed by atoms with Crippen LogP contribution >= 0.6 is 0 Å². The summed E-state index contributed by atoms with van der Waals surface area (Å²) in [6, 6.07) is 72.3. The van der Waals surface area contributed by atoms with Crippen LogP contribution < -0.4 is 31.5 Å².